The summed E-state index contributed by atoms with van der Waals surface area (Å²) in [4.78, 5) is 56.5. The maximum absolute atomic E-state index is 14.7. The minimum Gasteiger partial charge on any atom is -0.469 e. The van der Waals surface area contributed by atoms with E-state index in [0.29, 0.717) is 37.7 Å². The van der Waals surface area contributed by atoms with Crippen LogP contribution in [0.1, 0.15) is 132 Å². The lowest BCUT2D eigenvalue weighted by molar-refractivity contribution is -0.166. The molecule has 0 amide bonds. The number of carbonyl (C=O) groups excluding carboxylic acids is 4. The summed E-state index contributed by atoms with van der Waals surface area (Å²) < 4.78 is 12.1. The van der Waals surface area contributed by atoms with Crippen molar-refractivity contribution in [2.24, 2.45) is 40.9 Å². The lowest BCUT2D eigenvalue weighted by Gasteiger charge is -2.49. The zero-order chi connectivity index (χ0) is 37.3. The van der Waals surface area contributed by atoms with Gasteiger partial charge in [-0.15, -0.1) is 11.6 Å². The van der Waals surface area contributed by atoms with Crippen molar-refractivity contribution in [3.63, 3.8) is 0 Å². The smallest absolute Gasteiger partial charge is 0.313 e. The molecular weight excluding hydrogens is 656 g/mol. The van der Waals surface area contributed by atoms with Crippen LogP contribution in [0.5, 0.6) is 0 Å². The van der Waals surface area contributed by atoms with Gasteiger partial charge < -0.3 is 19.7 Å². The predicted octanol–water partition coefficient (Wildman–Crippen LogP) is 7.49. The third-order valence-electron chi connectivity index (χ3n) is 12.9. The van der Waals surface area contributed by atoms with E-state index in [1.165, 1.54) is 7.11 Å². The van der Waals surface area contributed by atoms with Crippen LogP contribution in [0.15, 0.2) is 22.8 Å². The van der Waals surface area contributed by atoms with Gasteiger partial charge in [0, 0.05) is 42.9 Å². The second-order valence-electron chi connectivity index (χ2n) is 17.3. The zero-order valence-corrected chi connectivity index (χ0v) is 32.7. The Balaban J connectivity index is 1.98. The second kappa shape index (κ2) is 16.0. The Morgan fingerprint density at radius 3 is 2.30 bits per heavy atom. The Bertz CT molecular complexity index is 1360. The quantitative estimate of drug-likeness (QED) is 0.171. The van der Waals surface area contributed by atoms with Gasteiger partial charge in [-0.1, -0.05) is 57.8 Å². The van der Waals surface area contributed by atoms with Gasteiger partial charge in [-0.2, -0.15) is 0 Å². The van der Waals surface area contributed by atoms with Gasteiger partial charge in [-0.3, -0.25) is 19.2 Å². The van der Waals surface area contributed by atoms with Crippen LogP contribution in [0.25, 0.3) is 0 Å². The number of alkyl halides is 1. The van der Waals surface area contributed by atoms with E-state index in [4.69, 9.17) is 21.1 Å². The molecule has 4 aliphatic rings. The number of aliphatic hydroxyl groups excluding tert-OH is 2. The Morgan fingerprint density at radius 2 is 1.66 bits per heavy atom. The van der Waals surface area contributed by atoms with Crippen LogP contribution < -0.4 is 0 Å². The molecule has 4 rings (SSSR count). The molecular formula is C41H63ClO8. The molecule has 2 fully saturated rings. The molecule has 9 heteroatoms. The molecule has 0 aromatic heterocycles. The van der Waals surface area contributed by atoms with Gasteiger partial charge in [-0.25, -0.2) is 0 Å². The van der Waals surface area contributed by atoms with E-state index in [1.54, 1.807) is 0 Å². The average Bonchev–Trinajstić information content (AvgIpc) is 3.45. The van der Waals surface area contributed by atoms with Crippen LogP contribution in [0.2, 0.25) is 0 Å². The average molecular weight is 719 g/mol. The van der Waals surface area contributed by atoms with Gasteiger partial charge in [0.15, 0.2) is 0 Å². The largest absolute Gasteiger partial charge is 0.469 e. The number of allylic oxidation sites excluding steroid dienone is 3. The predicted molar refractivity (Wildman–Crippen MR) is 195 cm³/mol. The van der Waals surface area contributed by atoms with Crippen molar-refractivity contribution >= 4 is 34.9 Å². The summed E-state index contributed by atoms with van der Waals surface area (Å²) in [6.45, 7) is 15.4. The van der Waals surface area contributed by atoms with Gasteiger partial charge >= 0.3 is 5.97 Å². The molecule has 0 spiro atoms. The van der Waals surface area contributed by atoms with E-state index in [0.717, 1.165) is 24.0 Å². The molecule has 50 heavy (non-hydrogen) atoms. The highest BCUT2D eigenvalue weighted by Crippen LogP contribution is 2.56. The SMILES string of the molecule is COC(=O)[C@@]12CC(=O)[C@@H](C(C)C)CC(=O)[C@@H](C)CCC[C@@H](C)CC(=O)[C@@H]1CC(C)=C1[C@H](O)C[C@](C)(Cl)[C@H]3CC[C@@](C)(O3)[C@H](O)CC/C(C)=C\[C@H]12. The van der Waals surface area contributed by atoms with Crippen LogP contribution in [0.3, 0.4) is 0 Å². The topological polar surface area (TPSA) is 127 Å². The number of esters is 1. The van der Waals surface area contributed by atoms with Crippen molar-refractivity contribution in [2.75, 3.05) is 7.11 Å². The number of rotatable bonds is 2. The molecule has 11 atom stereocenters. The van der Waals surface area contributed by atoms with Gasteiger partial charge in [0.05, 0.1) is 41.3 Å². The third-order valence-corrected chi connectivity index (χ3v) is 13.3. The molecule has 2 aliphatic carbocycles. The number of hydrogen-bond acceptors (Lipinski definition) is 8. The summed E-state index contributed by atoms with van der Waals surface area (Å²) in [5, 5.41) is 23.6. The first kappa shape index (κ1) is 40.9. The highest BCUT2D eigenvalue weighted by molar-refractivity contribution is 6.24. The molecule has 0 radical (unpaired) electrons. The summed E-state index contributed by atoms with van der Waals surface area (Å²) in [5.41, 5.74) is -0.205. The number of halogens is 1. The zero-order valence-electron chi connectivity index (χ0n) is 32.0. The number of carbonyl (C=O) groups is 4. The Morgan fingerprint density at radius 1 is 0.980 bits per heavy atom. The van der Waals surface area contributed by atoms with Crippen molar-refractivity contribution in [3.8, 4) is 0 Å². The molecule has 2 bridgehead atoms. The van der Waals surface area contributed by atoms with Crippen molar-refractivity contribution in [1.29, 1.82) is 0 Å². The van der Waals surface area contributed by atoms with Gasteiger partial charge in [0.25, 0.3) is 0 Å². The molecule has 2 aliphatic heterocycles. The summed E-state index contributed by atoms with van der Waals surface area (Å²) >= 11 is 7.23. The molecule has 1 saturated heterocycles. The second-order valence-corrected chi connectivity index (χ2v) is 18.2. The lowest BCUT2D eigenvalue weighted by atomic mass is 9.52. The number of fused-ring (bicyclic) bond motifs is 5. The molecule has 282 valence electrons. The number of Topliss-reactive ketones (excluding diaryl/α,β-unsaturated/α-hetero) is 3. The highest BCUT2D eigenvalue weighted by Gasteiger charge is 2.60. The van der Waals surface area contributed by atoms with Crippen LogP contribution in [0, 0.1) is 40.9 Å². The van der Waals surface area contributed by atoms with Gasteiger partial charge in [0.2, 0.25) is 0 Å². The Kier molecular flexibility index (Phi) is 13.1. The number of ketones is 3. The summed E-state index contributed by atoms with van der Waals surface area (Å²) in [6.07, 6.45) is 4.35. The molecule has 1 saturated carbocycles. The van der Waals surface area contributed by atoms with Crippen LogP contribution in [-0.2, 0) is 28.7 Å². The van der Waals surface area contributed by atoms with Crippen LogP contribution in [-0.4, -0.2) is 69.4 Å². The van der Waals surface area contributed by atoms with E-state index in [-0.39, 0.29) is 67.2 Å². The minimum atomic E-state index is -1.66. The van der Waals surface area contributed by atoms with Gasteiger partial charge in [0.1, 0.15) is 17.3 Å². The standard InChI is InChI=1S/C41H63ClO8/c1-23(2)28-20-31(43)26(5)12-10-11-24(3)18-32(44)29-19-27(6)37-30(41(29,22-33(28)45)38(48)49-9)17-25(4)13-14-35(47)40(8)16-15-36(50-40)39(7,42)21-34(37)46/h17,23-24,26,28-30,34-36,46-47H,10-16,18-22H2,1-9H3/b25-17-/t24-,26+,28-,29+,30-,34-,35-,36-,39+,40-,41+/m1/s1. The van der Waals surface area contributed by atoms with Crippen molar-refractivity contribution in [1.82, 2.24) is 0 Å². The molecule has 0 unspecified atom stereocenters. The van der Waals surface area contributed by atoms with Crippen molar-refractivity contribution in [3.05, 3.63) is 22.8 Å². The van der Waals surface area contributed by atoms with E-state index >= 15 is 0 Å². The van der Waals surface area contributed by atoms with Crippen molar-refractivity contribution < 1.29 is 38.9 Å². The minimum absolute atomic E-state index is 0.0195. The van der Waals surface area contributed by atoms with Crippen LogP contribution >= 0.6 is 11.6 Å². The lowest BCUT2D eigenvalue weighted by Crippen LogP contribution is -2.55. The molecule has 0 aromatic rings. The first-order chi connectivity index (χ1) is 23.3. The first-order valence-electron chi connectivity index (χ1n) is 19.0. The fraction of sp³-hybridized carbons (Fsp3) is 0.805. The maximum Gasteiger partial charge on any atom is 0.313 e. The van der Waals surface area contributed by atoms with E-state index in [2.05, 4.69) is 0 Å². The summed E-state index contributed by atoms with van der Waals surface area (Å²) in [7, 11) is 1.29. The number of aliphatic hydroxyl groups is 2. The fourth-order valence-electron chi connectivity index (χ4n) is 9.53. The molecule has 8 nitrogen and oxygen atoms in total. The maximum atomic E-state index is 14.7. The Hall–Kier alpha value is -1.87. The molecule has 0 aromatic carbocycles. The van der Waals surface area contributed by atoms with Crippen molar-refractivity contribution in [2.45, 2.75) is 161 Å². The van der Waals surface area contributed by atoms with Gasteiger partial charge in [-0.05, 0) is 90.0 Å². The molecule has 2 heterocycles. The normalized spacial score (nSPS) is 42.7. The monoisotopic (exact) mass is 718 g/mol. The first-order valence-corrected chi connectivity index (χ1v) is 19.4. The van der Waals surface area contributed by atoms with E-state index in [1.807, 2.05) is 61.5 Å². The van der Waals surface area contributed by atoms with E-state index in [9.17, 15) is 29.4 Å². The number of methoxy groups -OCH3 is 1. The number of hydrogen-bond donors (Lipinski definition) is 2. The summed E-state index contributed by atoms with van der Waals surface area (Å²) in [5.74, 6) is -3.69. The highest BCUT2D eigenvalue weighted by atomic mass is 35.5. The fourth-order valence-corrected chi connectivity index (χ4v) is 9.83. The summed E-state index contributed by atoms with van der Waals surface area (Å²) in [6, 6.07) is 0. The third kappa shape index (κ3) is 8.34. The Labute approximate surface area is 305 Å². The van der Waals surface area contributed by atoms with Crippen LogP contribution in [0.4, 0.5) is 0 Å². The molecule has 2 N–H and O–H groups in total. The van der Waals surface area contributed by atoms with E-state index < -0.39 is 57.9 Å². The number of ether oxygens (including phenoxy) is 2.